The maximum absolute atomic E-state index is 13.0. The maximum atomic E-state index is 13.0. The molecule has 2 aromatic carbocycles. The molecule has 2 heterocycles. The van der Waals surface area contributed by atoms with Gasteiger partial charge >= 0.3 is 5.69 Å². The fourth-order valence-electron chi connectivity index (χ4n) is 3.47. The maximum Gasteiger partial charge on any atom is 0.330 e. The first-order valence-electron chi connectivity index (χ1n) is 10.9. The lowest BCUT2D eigenvalue weighted by Gasteiger charge is -2.17. The summed E-state index contributed by atoms with van der Waals surface area (Å²) in [5.41, 5.74) is 0.695. The lowest BCUT2D eigenvalue weighted by molar-refractivity contribution is 0.102. The predicted molar refractivity (Wildman–Crippen MR) is 130 cm³/mol. The molecule has 0 saturated heterocycles. The zero-order valence-electron chi connectivity index (χ0n) is 19.1. The van der Waals surface area contributed by atoms with Crippen molar-refractivity contribution in [2.24, 2.45) is 0 Å². The van der Waals surface area contributed by atoms with Crippen LogP contribution in [0.15, 0.2) is 76.4 Å². The smallest absolute Gasteiger partial charge is 0.330 e. The second-order valence-corrected chi connectivity index (χ2v) is 7.71. The summed E-state index contributed by atoms with van der Waals surface area (Å²) in [6, 6.07) is 19.1. The molecule has 0 bridgehead atoms. The summed E-state index contributed by atoms with van der Waals surface area (Å²) in [5.74, 6) is -0.586. The normalized spacial score (nSPS) is 10.8. The SMILES string of the molecule is COCCn1c(NC(=O)c2cn(Cc3ccccc3)nn2)c(NCc2ccccc2)c(=O)[nH]c1=O. The number of ether oxygens (including phenoxy) is 1. The Morgan fingerprint density at radius 1 is 1.03 bits per heavy atom. The Kier molecular flexibility index (Phi) is 7.48. The van der Waals surface area contributed by atoms with Crippen LogP contribution < -0.4 is 21.9 Å². The van der Waals surface area contributed by atoms with E-state index in [-0.39, 0.29) is 30.4 Å². The van der Waals surface area contributed by atoms with Gasteiger partial charge in [-0.1, -0.05) is 65.9 Å². The van der Waals surface area contributed by atoms with Crippen molar-refractivity contribution in [1.82, 2.24) is 24.5 Å². The van der Waals surface area contributed by atoms with Gasteiger partial charge in [-0.2, -0.15) is 0 Å². The number of nitrogens with zero attached hydrogens (tertiary/aromatic N) is 4. The summed E-state index contributed by atoms with van der Waals surface area (Å²) in [6.45, 7) is 1.06. The van der Waals surface area contributed by atoms with E-state index in [9.17, 15) is 14.4 Å². The van der Waals surface area contributed by atoms with Crippen molar-refractivity contribution >= 4 is 17.4 Å². The molecule has 4 aromatic rings. The van der Waals surface area contributed by atoms with E-state index in [0.29, 0.717) is 13.1 Å². The van der Waals surface area contributed by atoms with Crippen LogP contribution in [0.3, 0.4) is 0 Å². The summed E-state index contributed by atoms with van der Waals surface area (Å²) in [4.78, 5) is 40.6. The fraction of sp³-hybridized carbons (Fsp3) is 0.208. The van der Waals surface area contributed by atoms with Crippen molar-refractivity contribution in [3.05, 3.63) is 105 Å². The Morgan fingerprint density at radius 2 is 1.71 bits per heavy atom. The van der Waals surface area contributed by atoms with Crippen LogP contribution in [0.25, 0.3) is 0 Å². The minimum Gasteiger partial charge on any atom is -0.383 e. The average molecular weight is 476 g/mol. The molecule has 2 aromatic heterocycles. The van der Waals surface area contributed by atoms with Crippen LogP contribution in [0.5, 0.6) is 0 Å². The van der Waals surface area contributed by atoms with Gasteiger partial charge in [-0.3, -0.25) is 19.1 Å². The summed E-state index contributed by atoms with van der Waals surface area (Å²) in [6.07, 6.45) is 1.50. The molecule has 0 radical (unpaired) electrons. The van der Waals surface area contributed by atoms with Gasteiger partial charge in [-0.25, -0.2) is 9.48 Å². The molecule has 180 valence electrons. The highest BCUT2D eigenvalue weighted by atomic mass is 16.5. The molecule has 11 heteroatoms. The minimum atomic E-state index is -0.666. The Morgan fingerprint density at radius 3 is 2.40 bits per heavy atom. The molecule has 0 aliphatic carbocycles. The number of hydrogen-bond donors (Lipinski definition) is 3. The first-order valence-corrected chi connectivity index (χ1v) is 10.9. The minimum absolute atomic E-state index is 0.0225. The van der Waals surface area contributed by atoms with Crippen molar-refractivity contribution in [2.75, 3.05) is 24.4 Å². The van der Waals surface area contributed by atoms with Crippen LogP contribution >= 0.6 is 0 Å². The third kappa shape index (κ3) is 5.89. The van der Waals surface area contributed by atoms with Crippen molar-refractivity contribution in [3.8, 4) is 0 Å². The van der Waals surface area contributed by atoms with Crippen LogP contribution in [0.4, 0.5) is 11.5 Å². The lowest BCUT2D eigenvalue weighted by Crippen LogP contribution is -2.36. The van der Waals surface area contributed by atoms with E-state index in [0.717, 1.165) is 11.1 Å². The summed E-state index contributed by atoms with van der Waals surface area (Å²) in [7, 11) is 1.49. The molecular weight excluding hydrogens is 450 g/mol. The van der Waals surface area contributed by atoms with Gasteiger partial charge in [0, 0.05) is 13.7 Å². The van der Waals surface area contributed by atoms with Crippen LogP contribution in [0.1, 0.15) is 21.6 Å². The Bertz CT molecular complexity index is 1390. The van der Waals surface area contributed by atoms with Gasteiger partial charge in [0.2, 0.25) is 0 Å². The zero-order valence-corrected chi connectivity index (χ0v) is 19.1. The summed E-state index contributed by atoms with van der Waals surface area (Å²) in [5, 5.41) is 13.7. The Balaban J connectivity index is 1.62. The number of amides is 1. The van der Waals surface area contributed by atoms with Crippen molar-refractivity contribution in [1.29, 1.82) is 0 Å². The van der Waals surface area contributed by atoms with Crippen LogP contribution in [0.2, 0.25) is 0 Å². The number of aromatic nitrogens is 5. The largest absolute Gasteiger partial charge is 0.383 e. The molecule has 1 amide bonds. The molecule has 0 fully saturated rings. The van der Waals surface area contributed by atoms with Crippen LogP contribution in [0, 0.1) is 0 Å². The van der Waals surface area contributed by atoms with Crippen molar-refractivity contribution < 1.29 is 9.53 Å². The van der Waals surface area contributed by atoms with Gasteiger partial charge in [-0.05, 0) is 11.1 Å². The molecular formula is C24H25N7O4. The average Bonchev–Trinajstić information content (AvgIpc) is 3.33. The van der Waals surface area contributed by atoms with E-state index in [4.69, 9.17) is 4.74 Å². The number of carbonyl (C=O) groups excluding carboxylic acids is 1. The third-order valence-electron chi connectivity index (χ3n) is 5.22. The first-order chi connectivity index (χ1) is 17.0. The molecule has 35 heavy (non-hydrogen) atoms. The van der Waals surface area contributed by atoms with Crippen LogP contribution in [-0.2, 0) is 24.4 Å². The molecule has 0 unspecified atom stereocenters. The number of aromatic amines is 1. The number of methoxy groups -OCH3 is 1. The van der Waals surface area contributed by atoms with E-state index >= 15 is 0 Å². The van der Waals surface area contributed by atoms with Gasteiger partial charge < -0.3 is 15.4 Å². The molecule has 4 rings (SSSR count). The second-order valence-electron chi connectivity index (χ2n) is 7.71. The van der Waals surface area contributed by atoms with E-state index in [2.05, 4.69) is 25.9 Å². The van der Waals surface area contributed by atoms with Gasteiger partial charge in [0.25, 0.3) is 11.5 Å². The highest BCUT2D eigenvalue weighted by molar-refractivity contribution is 6.03. The molecule has 0 aliphatic rings. The first kappa shape index (κ1) is 23.6. The molecule has 0 saturated carbocycles. The number of anilines is 2. The summed E-state index contributed by atoms with van der Waals surface area (Å²) >= 11 is 0. The van der Waals surface area contributed by atoms with E-state index in [1.165, 1.54) is 22.6 Å². The van der Waals surface area contributed by atoms with Gasteiger partial charge in [-0.15, -0.1) is 5.10 Å². The number of carbonyl (C=O) groups is 1. The highest BCUT2D eigenvalue weighted by Crippen LogP contribution is 2.17. The van der Waals surface area contributed by atoms with Gasteiger partial charge in [0.1, 0.15) is 11.5 Å². The van der Waals surface area contributed by atoms with E-state index in [1.54, 1.807) is 0 Å². The molecule has 0 aliphatic heterocycles. The van der Waals surface area contributed by atoms with Gasteiger partial charge in [0.15, 0.2) is 5.69 Å². The molecule has 0 spiro atoms. The number of rotatable bonds is 10. The molecule has 3 N–H and O–H groups in total. The standard InChI is InChI=1S/C24H25N7O4/c1-35-13-12-31-21(20(23(33)27-24(31)34)25-14-17-8-4-2-5-9-17)26-22(32)19-16-30(29-28-19)15-18-10-6-3-7-11-18/h2-11,16,25H,12-15H2,1H3,(H,26,32)(H,27,33,34). The fourth-order valence-corrected chi connectivity index (χ4v) is 3.47. The summed E-state index contributed by atoms with van der Waals surface area (Å²) < 4.78 is 7.87. The molecule has 0 atom stereocenters. The second kappa shape index (κ2) is 11.1. The Labute approximate surface area is 200 Å². The quantitative estimate of drug-likeness (QED) is 0.318. The van der Waals surface area contributed by atoms with E-state index < -0.39 is 17.2 Å². The topological polar surface area (TPSA) is 136 Å². The molecule has 11 nitrogen and oxygen atoms in total. The highest BCUT2D eigenvalue weighted by Gasteiger charge is 2.20. The number of nitrogens with one attached hydrogen (secondary N) is 3. The predicted octanol–water partition coefficient (Wildman–Crippen LogP) is 1.69. The number of hydrogen-bond acceptors (Lipinski definition) is 7. The number of H-pyrrole nitrogens is 1. The number of benzene rings is 2. The van der Waals surface area contributed by atoms with E-state index in [1.807, 2.05) is 60.7 Å². The monoisotopic (exact) mass is 475 g/mol. The lowest BCUT2D eigenvalue weighted by atomic mass is 10.2. The zero-order chi connectivity index (χ0) is 24.6. The van der Waals surface area contributed by atoms with Gasteiger partial charge in [0.05, 0.1) is 25.9 Å². The van der Waals surface area contributed by atoms with Crippen LogP contribution in [-0.4, -0.2) is 44.2 Å². The van der Waals surface area contributed by atoms with Crippen molar-refractivity contribution in [3.63, 3.8) is 0 Å². The Hall–Kier alpha value is -4.51. The van der Waals surface area contributed by atoms with Crippen molar-refractivity contribution in [2.45, 2.75) is 19.6 Å². The third-order valence-corrected chi connectivity index (χ3v) is 5.22.